The molecule has 5 heteroatoms. The summed E-state index contributed by atoms with van der Waals surface area (Å²) in [6, 6.07) is 0.335. The van der Waals surface area contributed by atoms with Crippen molar-refractivity contribution in [3.05, 3.63) is 17.5 Å². The van der Waals surface area contributed by atoms with Crippen molar-refractivity contribution < 1.29 is 0 Å². The summed E-state index contributed by atoms with van der Waals surface area (Å²) in [6.45, 7) is 7.39. The Morgan fingerprint density at radius 3 is 2.62 bits per heavy atom. The second-order valence-electron chi connectivity index (χ2n) is 4.75. The number of halogens is 1. The second-order valence-corrected chi connectivity index (χ2v) is 4.75. The van der Waals surface area contributed by atoms with E-state index in [1.54, 1.807) is 0 Å². The first-order chi connectivity index (χ1) is 7.06. The van der Waals surface area contributed by atoms with Crippen molar-refractivity contribution in [2.75, 3.05) is 13.1 Å². The van der Waals surface area contributed by atoms with Gasteiger partial charge in [-0.2, -0.15) is 5.10 Å². The summed E-state index contributed by atoms with van der Waals surface area (Å²) in [5.74, 6) is 0.613. The molecule has 1 aliphatic heterocycles. The molecule has 92 valence electrons. The van der Waals surface area contributed by atoms with Gasteiger partial charge in [-0.3, -0.25) is 9.58 Å². The van der Waals surface area contributed by atoms with Crippen LogP contribution in [0.2, 0.25) is 0 Å². The normalized spacial score (nSPS) is 25.8. The van der Waals surface area contributed by atoms with Crippen molar-refractivity contribution in [3.63, 3.8) is 0 Å². The van der Waals surface area contributed by atoms with Crippen molar-refractivity contribution >= 4 is 12.4 Å². The van der Waals surface area contributed by atoms with Crippen LogP contribution >= 0.6 is 12.4 Å². The molecule has 0 radical (unpaired) electrons. The van der Waals surface area contributed by atoms with Crippen LogP contribution in [0.3, 0.4) is 0 Å². The Morgan fingerprint density at radius 2 is 2.19 bits per heavy atom. The zero-order chi connectivity index (χ0) is 11.0. The summed E-state index contributed by atoms with van der Waals surface area (Å²) in [7, 11) is 1.97. The van der Waals surface area contributed by atoms with Crippen molar-refractivity contribution in [1.29, 1.82) is 0 Å². The Bertz CT molecular complexity index is 340. The van der Waals surface area contributed by atoms with Gasteiger partial charge in [0.15, 0.2) is 0 Å². The summed E-state index contributed by atoms with van der Waals surface area (Å²) in [6.07, 6.45) is 2.10. The van der Waals surface area contributed by atoms with Crippen molar-refractivity contribution in [1.82, 2.24) is 14.7 Å². The smallest absolute Gasteiger partial charge is 0.0638 e. The summed E-state index contributed by atoms with van der Waals surface area (Å²) in [5.41, 5.74) is 8.45. The third kappa shape index (κ3) is 2.75. The molecule has 16 heavy (non-hydrogen) atoms. The maximum Gasteiger partial charge on any atom is 0.0638 e. The summed E-state index contributed by atoms with van der Waals surface area (Å²) in [5, 5.41) is 4.35. The molecule has 0 aromatic carbocycles. The Morgan fingerprint density at radius 1 is 1.50 bits per heavy atom. The van der Waals surface area contributed by atoms with E-state index in [0.29, 0.717) is 12.0 Å². The SMILES string of the molecule is Cc1nn(C)cc1CN1CC(C)C(N)C1.Cl. The van der Waals surface area contributed by atoms with Gasteiger partial charge in [0, 0.05) is 44.5 Å². The van der Waals surface area contributed by atoms with E-state index >= 15 is 0 Å². The molecule has 1 saturated heterocycles. The predicted molar refractivity (Wildman–Crippen MR) is 67.6 cm³/mol. The van der Waals surface area contributed by atoms with Crippen molar-refractivity contribution in [3.8, 4) is 0 Å². The highest BCUT2D eigenvalue weighted by Crippen LogP contribution is 2.18. The molecule has 2 heterocycles. The Balaban J connectivity index is 0.00000128. The van der Waals surface area contributed by atoms with Crippen molar-refractivity contribution in [2.45, 2.75) is 26.4 Å². The fourth-order valence-corrected chi connectivity index (χ4v) is 2.27. The van der Waals surface area contributed by atoms with Crippen LogP contribution in [-0.2, 0) is 13.6 Å². The van der Waals surface area contributed by atoms with Crippen LogP contribution in [0.4, 0.5) is 0 Å². The fraction of sp³-hybridized carbons (Fsp3) is 0.727. The number of hydrogen-bond acceptors (Lipinski definition) is 3. The van der Waals surface area contributed by atoms with Crippen LogP contribution in [0, 0.1) is 12.8 Å². The molecule has 0 spiro atoms. The largest absolute Gasteiger partial charge is 0.326 e. The van der Waals surface area contributed by atoms with Gasteiger partial charge in [0.05, 0.1) is 5.69 Å². The number of hydrogen-bond donors (Lipinski definition) is 1. The molecule has 1 fully saturated rings. The lowest BCUT2D eigenvalue weighted by Crippen LogP contribution is -2.28. The molecule has 0 aliphatic carbocycles. The molecular weight excluding hydrogens is 224 g/mol. The van der Waals surface area contributed by atoms with Gasteiger partial charge >= 0.3 is 0 Å². The molecule has 4 nitrogen and oxygen atoms in total. The minimum atomic E-state index is 0. The number of aromatic nitrogens is 2. The number of nitrogens with zero attached hydrogens (tertiary/aromatic N) is 3. The highest BCUT2D eigenvalue weighted by Gasteiger charge is 2.26. The molecular formula is C11H21ClN4. The van der Waals surface area contributed by atoms with E-state index in [9.17, 15) is 0 Å². The van der Waals surface area contributed by atoms with Crippen LogP contribution in [0.5, 0.6) is 0 Å². The average Bonchev–Trinajstić information content (AvgIpc) is 2.59. The quantitative estimate of drug-likeness (QED) is 0.842. The summed E-state index contributed by atoms with van der Waals surface area (Å²) in [4.78, 5) is 2.42. The molecule has 2 rings (SSSR count). The van der Waals surface area contributed by atoms with Gasteiger partial charge in [-0.25, -0.2) is 0 Å². The van der Waals surface area contributed by atoms with E-state index in [1.807, 2.05) is 11.7 Å². The number of likely N-dealkylation sites (tertiary alicyclic amines) is 1. The first-order valence-corrected chi connectivity index (χ1v) is 5.53. The third-order valence-electron chi connectivity index (χ3n) is 3.26. The maximum atomic E-state index is 6.00. The van der Waals surface area contributed by atoms with Crippen LogP contribution < -0.4 is 5.73 Å². The van der Waals surface area contributed by atoms with E-state index in [-0.39, 0.29) is 12.4 Å². The molecule has 1 aromatic heterocycles. The maximum absolute atomic E-state index is 6.00. The fourth-order valence-electron chi connectivity index (χ4n) is 2.27. The molecule has 0 saturated carbocycles. The molecule has 0 amide bonds. The topological polar surface area (TPSA) is 47.1 Å². The van der Waals surface area contributed by atoms with Crippen molar-refractivity contribution in [2.24, 2.45) is 18.7 Å². The molecule has 0 bridgehead atoms. The van der Waals surface area contributed by atoms with E-state index in [1.165, 1.54) is 5.56 Å². The molecule has 2 unspecified atom stereocenters. The highest BCUT2D eigenvalue weighted by atomic mass is 35.5. The molecule has 1 aromatic rings. The van der Waals surface area contributed by atoms with E-state index < -0.39 is 0 Å². The van der Waals surface area contributed by atoms with E-state index in [4.69, 9.17) is 5.73 Å². The van der Waals surface area contributed by atoms with Crippen LogP contribution in [0.15, 0.2) is 6.20 Å². The van der Waals surface area contributed by atoms with Gasteiger partial charge in [-0.05, 0) is 12.8 Å². The van der Waals surface area contributed by atoms with Gasteiger partial charge < -0.3 is 5.73 Å². The zero-order valence-electron chi connectivity index (χ0n) is 10.2. The number of rotatable bonds is 2. The van der Waals surface area contributed by atoms with Crippen LogP contribution in [0.1, 0.15) is 18.2 Å². The predicted octanol–water partition coefficient (Wildman–Crippen LogP) is 0.929. The van der Waals surface area contributed by atoms with Gasteiger partial charge in [-0.15, -0.1) is 12.4 Å². The van der Waals surface area contributed by atoms with E-state index in [0.717, 1.165) is 25.3 Å². The number of aryl methyl sites for hydroxylation is 2. The van der Waals surface area contributed by atoms with Crippen LogP contribution in [-0.4, -0.2) is 33.8 Å². The Kier molecular flexibility index (Phi) is 4.35. The minimum Gasteiger partial charge on any atom is -0.326 e. The monoisotopic (exact) mass is 244 g/mol. The Labute approximate surface area is 103 Å². The van der Waals surface area contributed by atoms with Gasteiger partial charge in [0.2, 0.25) is 0 Å². The highest BCUT2D eigenvalue weighted by molar-refractivity contribution is 5.85. The molecule has 1 aliphatic rings. The first-order valence-electron chi connectivity index (χ1n) is 5.53. The Hall–Kier alpha value is -0.580. The lowest BCUT2D eigenvalue weighted by atomic mass is 10.1. The zero-order valence-corrected chi connectivity index (χ0v) is 11.0. The van der Waals surface area contributed by atoms with Crippen LogP contribution in [0.25, 0.3) is 0 Å². The standard InChI is InChI=1S/C11H20N4.ClH/c1-8-4-15(7-11(8)12)6-10-5-14(3)13-9(10)2;/h5,8,11H,4,6-7,12H2,1-3H3;1H. The number of nitrogens with two attached hydrogens (primary N) is 1. The third-order valence-corrected chi connectivity index (χ3v) is 3.26. The minimum absolute atomic E-state index is 0. The second kappa shape index (κ2) is 5.17. The summed E-state index contributed by atoms with van der Waals surface area (Å²) < 4.78 is 1.88. The van der Waals surface area contributed by atoms with E-state index in [2.05, 4.69) is 30.0 Å². The summed E-state index contributed by atoms with van der Waals surface area (Å²) >= 11 is 0. The average molecular weight is 245 g/mol. The van der Waals surface area contributed by atoms with Gasteiger partial charge in [-0.1, -0.05) is 6.92 Å². The first kappa shape index (κ1) is 13.5. The molecule has 2 N–H and O–H groups in total. The van der Waals surface area contributed by atoms with Gasteiger partial charge in [0.1, 0.15) is 0 Å². The lowest BCUT2D eigenvalue weighted by Gasteiger charge is -2.14. The lowest BCUT2D eigenvalue weighted by molar-refractivity contribution is 0.318. The van der Waals surface area contributed by atoms with Gasteiger partial charge in [0.25, 0.3) is 0 Å². The molecule has 2 atom stereocenters.